The van der Waals surface area contributed by atoms with Crippen LogP contribution in [0.1, 0.15) is 25.0 Å². The maximum atomic E-state index is 6.09. The molecule has 0 bridgehead atoms. The summed E-state index contributed by atoms with van der Waals surface area (Å²) in [4.78, 5) is 0. The number of anilines is 2. The summed E-state index contributed by atoms with van der Waals surface area (Å²) < 4.78 is 0. The molecule has 0 aliphatic rings. The average molecular weight is 302 g/mol. The number of benzene rings is 3. The van der Waals surface area contributed by atoms with Gasteiger partial charge >= 0.3 is 0 Å². The van der Waals surface area contributed by atoms with Gasteiger partial charge in [0.15, 0.2) is 0 Å². The van der Waals surface area contributed by atoms with Crippen molar-refractivity contribution < 1.29 is 0 Å². The largest absolute Gasteiger partial charge is 0.398 e. The van der Waals surface area contributed by atoms with Crippen molar-refractivity contribution >= 4 is 11.4 Å². The van der Waals surface area contributed by atoms with Gasteiger partial charge in [-0.15, -0.1) is 0 Å². The molecule has 3 rings (SSSR count). The fraction of sp³-hybridized carbons (Fsp3) is 0.143. The lowest BCUT2D eigenvalue weighted by Gasteiger charge is -2.26. The summed E-state index contributed by atoms with van der Waals surface area (Å²) in [5.41, 5.74) is 18.1. The second kappa shape index (κ2) is 5.81. The van der Waals surface area contributed by atoms with E-state index in [0.29, 0.717) is 11.4 Å². The summed E-state index contributed by atoms with van der Waals surface area (Å²) in [6.07, 6.45) is 0. The number of nitrogens with two attached hydrogens (primary N) is 2. The Kier molecular flexibility index (Phi) is 3.83. The Labute approximate surface area is 137 Å². The van der Waals surface area contributed by atoms with E-state index >= 15 is 0 Å². The summed E-state index contributed by atoms with van der Waals surface area (Å²) in [7, 11) is 0. The van der Waals surface area contributed by atoms with Crippen molar-refractivity contribution in [3.63, 3.8) is 0 Å². The van der Waals surface area contributed by atoms with Crippen molar-refractivity contribution in [1.82, 2.24) is 0 Å². The van der Waals surface area contributed by atoms with E-state index in [1.807, 2.05) is 24.3 Å². The zero-order valence-electron chi connectivity index (χ0n) is 13.6. The lowest BCUT2D eigenvalue weighted by atomic mass is 9.78. The van der Waals surface area contributed by atoms with Crippen molar-refractivity contribution in [2.45, 2.75) is 19.3 Å². The van der Waals surface area contributed by atoms with Crippen molar-refractivity contribution in [3.8, 4) is 11.1 Å². The van der Waals surface area contributed by atoms with E-state index in [2.05, 4.69) is 62.4 Å². The second-order valence-corrected chi connectivity index (χ2v) is 6.38. The van der Waals surface area contributed by atoms with Crippen LogP contribution in [0.2, 0.25) is 0 Å². The van der Waals surface area contributed by atoms with Crippen molar-refractivity contribution in [2.24, 2.45) is 0 Å². The normalized spacial score (nSPS) is 11.4. The highest BCUT2D eigenvalue weighted by Crippen LogP contribution is 2.35. The first-order valence-electron chi connectivity index (χ1n) is 7.80. The zero-order valence-corrected chi connectivity index (χ0v) is 13.6. The van der Waals surface area contributed by atoms with Crippen LogP contribution in [-0.4, -0.2) is 0 Å². The minimum absolute atomic E-state index is 0.0480. The van der Waals surface area contributed by atoms with Crippen molar-refractivity contribution in [1.29, 1.82) is 0 Å². The van der Waals surface area contributed by atoms with Crippen LogP contribution in [0.5, 0.6) is 0 Å². The van der Waals surface area contributed by atoms with Gasteiger partial charge in [0.1, 0.15) is 0 Å². The Morgan fingerprint density at radius 2 is 1.13 bits per heavy atom. The summed E-state index contributed by atoms with van der Waals surface area (Å²) in [5.74, 6) is 0. The van der Waals surface area contributed by atoms with Gasteiger partial charge in [-0.05, 0) is 28.8 Å². The molecule has 0 atom stereocenters. The number of rotatable bonds is 3. The molecule has 0 heterocycles. The van der Waals surface area contributed by atoms with E-state index in [-0.39, 0.29) is 5.41 Å². The van der Waals surface area contributed by atoms with Gasteiger partial charge in [0, 0.05) is 22.4 Å². The molecule has 3 aromatic carbocycles. The average Bonchev–Trinajstić information content (AvgIpc) is 2.56. The molecule has 0 saturated heterocycles. The molecule has 4 N–H and O–H groups in total. The van der Waals surface area contributed by atoms with Gasteiger partial charge in [0.2, 0.25) is 0 Å². The van der Waals surface area contributed by atoms with Gasteiger partial charge in [0.25, 0.3) is 0 Å². The summed E-state index contributed by atoms with van der Waals surface area (Å²) in [5, 5.41) is 0. The van der Waals surface area contributed by atoms with Gasteiger partial charge in [-0.3, -0.25) is 0 Å². The first-order valence-corrected chi connectivity index (χ1v) is 7.80. The molecule has 3 aromatic rings. The van der Waals surface area contributed by atoms with Gasteiger partial charge < -0.3 is 11.5 Å². The van der Waals surface area contributed by atoms with Gasteiger partial charge in [-0.1, -0.05) is 74.5 Å². The molecule has 2 heteroatoms. The lowest BCUT2D eigenvalue weighted by Crippen LogP contribution is -2.18. The van der Waals surface area contributed by atoms with Crippen molar-refractivity contribution in [2.75, 3.05) is 11.5 Å². The molecule has 0 radical (unpaired) electrons. The SMILES string of the molecule is CC(C)(c1ccccc1)c1ccc(-c2c(N)cccc2N)cc1. The Morgan fingerprint density at radius 3 is 1.70 bits per heavy atom. The zero-order chi connectivity index (χ0) is 16.4. The van der Waals surface area contributed by atoms with E-state index in [1.165, 1.54) is 11.1 Å². The molecule has 2 nitrogen and oxygen atoms in total. The minimum Gasteiger partial charge on any atom is -0.398 e. The van der Waals surface area contributed by atoms with E-state index in [0.717, 1.165) is 11.1 Å². The molecule has 0 aromatic heterocycles. The number of hydrogen-bond acceptors (Lipinski definition) is 2. The molecule has 0 aliphatic carbocycles. The Hall–Kier alpha value is -2.74. The standard InChI is InChI=1S/C21H22N2/c1-21(2,16-7-4-3-5-8-16)17-13-11-15(12-14-17)20-18(22)9-6-10-19(20)23/h3-14H,22-23H2,1-2H3. The maximum absolute atomic E-state index is 6.09. The van der Waals surface area contributed by atoms with Gasteiger partial charge in [-0.25, -0.2) is 0 Å². The molecule has 116 valence electrons. The van der Waals surface area contributed by atoms with E-state index in [1.54, 1.807) is 0 Å². The van der Waals surface area contributed by atoms with Gasteiger partial charge in [0.05, 0.1) is 0 Å². The summed E-state index contributed by atoms with van der Waals surface area (Å²) in [6.45, 7) is 4.48. The summed E-state index contributed by atoms with van der Waals surface area (Å²) >= 11 is 0. The smallest absolute Gasteiger partial charge is 0.0414 e. The Balaban J connectivity index is 2.00. The highest BCUT2D eigenvalue weighted by atomic mass is 14.6. The highest BCUT2D eigenvalue weighted by molar-refractivity contribution is 5.86. The molecule has 0 amide bonds. The first kappa shape index (κ1) is 15.2. The van der Waals surface area contributed by atoms with Crippen LogP contribution in [0.3, 0.4) is 0 Å². The molecule has 23 heavy (non-hydrogen) atoms. The number of nitrogen functional groups attached to an aromatic ring is 2. The van der Waals surface area contributed by atoms with Crippen LogP contribution < -0.4 is 11.5 Å². The first-order chi connectivity index (χ1) is 11.0. The number of hydrogen-bond donors (Lipinski definition) is 2. The van der Waals surface area contributed by atoms with Crippen molar-refractivity contribution in [3.05, 3.63) is 83.9 Å². The van der Waals surface area contributed by atoms with Crippen LogP contribution >= 0.6 is 0 Å². The quantitative estimate of drug-likeness (QED) is 0.680. The van der Waals surface area contributed by atoms with E-state index < -0.39 is 0 Å². The fourth-order valence-corrected chi connectivity index (χ4v) is 3.00. The predicted molar refractivity (Wildman–Crippen MR) is 99.3 cm³/mol. The third-order valence-corrected chi connectivity index (χ3v) is 4.52. The van der Waals surface area contributed by atoms with Crippen LogP contribution in [-0.2, 0) is 5.41 Å². The van der Waals surface area contributed by atoms with Gasteiger partial charge in [-0.2, -0.15) is 0 Å². The third kappa shape index (κ3) is 2.80. The third-order valence-electron chi connectivity index (χ3n) is 4.52. The molecule has 0 unspecified atom stereocenters. The Morgan fingerprint density at radius 1 is 0.609 bits per heavy atom. The minimum atomic E-state index is -0.0480. The second-order valence-electron chi connectivity index (χ2n) is 6.38. The summed E-state index contributed by atoms with van der Waals surface area (Å²) in [6, 6.07) is 24.7. The molecular weight excluding hydrogens is 280 g/mol. The molecule has 0 spiro atoms. The highest BCUT2D eigenvalue weighted by Gasteiger charge is 2.22. The maximum Gasteiger partial charge on any atom is 0.0414 e. The molecule has 0 aliphatic heterocycles. The lowest BCUT2D eigenvalue weighted by molar-refractivity contribution is 0.641. The fourth-order valence-electron chi connectivity index (χ4n) is 3.00. The topological polar surface area (TPSA) is 52.0 Å². The predicted octanol–water partition coefficient (Wildman–Crippen LogP) is 4.84. The van der Waals surface area contributed by atoms with Crippen LogP contribution in [0.25, 0.3) is 11.1 Å². The van der Waals surface area contributed by atoms with Crippen LogP contribution in [0, 0.1) is 0 Å². The molecule has 0 fully saturated rings. The molecule has 0 saturated carbocycles. The Bertz CT molecular complexity index is 783. The van der Waals surface area contributed by atoms with Crippen LogP contribution in [0.4, 0.5) is 11.4 Å². The molecular formula is C21H22N2. The van der Waals surface area contributed by atoms with Crippen LogP contribution in [0.15, 0.2) is 72.8 Å². The van der Waals surface area contributed by atoms with E-state index in [4.69, 9.17) is 11.5 Å². The van der Waals surface area contributed by atoms with E-state index in [9.17, 15) is 0 Å². The monoisotopic (exact) mass is 302 g/mol.